The van der Waals surface area contributed by atoms with Crippen LogP contribution in [0.3, 0.4) is 0 Å². The number of anilines is 1. The third-order valence-electron chi connectivity index (χ3n) is 3.35. The van der Waals surface area contributed by atoms with Crippen molar-refractivity contribution in [3.8, 4) is 5.75 Å². The van der Waals surface area contributed by atoms with Gasteiger partial charge in [0.05, 0.1) is 17.7 Å². The van der Waals surface area contributed by atoms with Crippen LogP contribution < -0.4 is 9.46 Å². The lowest BCUT2D eigenvalue weighted by atomic mass is 10.2. The van der Waals surface area contributed by atoms with Crippen molar-refractivity contribution in [2.45, 2.75) is 25.7 Å². The zero-order valence-corrected chi connectivity index (χ0v) is 14.5. The van der Waals surface area contributed by atoms with Crippen molar-refractivity contribution < 1.29 is 13.2 Å². The molecule has 0 atom stereocenters. The van der Waals surface area contributed by atoms with E-state index in [0.717, 1.165) is 11.1 Å². The minimum atomic E-state index is -3.70. The molecule has 0 unspecified atom stereocenters. The van der Waals surface area contributed by atoms with Crippen LogP contribution in [0.2, 0.25) is 5.02 Å². The fraction of sp³-hybridized carbons (Fsp3) is 0.250. The SMILES string of the molecule is COc1cc(Cl)c(C)cc1NS(=O)(=O)c1ccc(C)cc1C. The van der Waals surface area contributed by atoms with Gasteiger partial charge in [-0.15, -0.1) is 0 Å². The van der Waals surface area contributed by atoms with Crippen molar-refractivity contribution in [2.75, 3.05) is 11.8 Å². The number of halogens is 1. The maximum Gasteiger partial charge on any atom is 0.262 e. The highest BCUT2D eigenvalue weighted by atomic mass is 35.5. The van der Waals surface area contributed by atoms with Crippen molar-refractivity contribution in [3.63, 3.8) is 0 Å². The van der Waals surface area contributed by atoms with Crippen LogP contribution in [0, 0.1) is 20.8 Å². The minimum Gasteiger partial charge on any atom is -0.495 e. The summed E-state index contributed by atoms with van der Waals surface area (Å²) in [5, 5.41) is 0.520. The highest BCUT2D eigenvalue weighted by molar-refractivity contribution is 7.92. The highest BCUT2D eigenvalue weighted by Gasteiger charge is 2.19. The second-order valence-corrected chi connectivity index (χ2v) is 7.23. The summed E-state index contributed by atoms with van der Waals surface area (Å²) in [6, 6.07) is 8.45. The first-order valence-electron chi connectivity index (χ1n) is 6.69. The first-order chi connectivity index (χ1) is 10.2. The predicted molar refractivity (Wildman–Crippen MR) is 89.5 cm³/mol. The summed E-state index contributed by atoms with van der Waals surface area (Å²) >= 11 is 6.04. The van der Waals surface area contributed by atoms with Gasteiger partial charge in [0.25, 0.3) is 10.0 Å². The summed E-state index contributed by atoms with van der Waals surface area (Å²) in [5.41, 5.74) is 2.83. The zero-order chi connectivity index (χ0) is 16.5. The fourth-order valence-electron chi connectivity index (χ4n) is 2.21. The molecule has 0 aliphatic carbocycles. The molecule has 22 heavy (non-hydrogen) atoms. The smallest absolute Gasteiger partial charge is 0.262 e. The average molecular weight is 340 g/mol. The molecular formula is C16H18ClNO3S. The number of aryl methyl sites for hydroxylation is 3. The number of hydrogen-bond donors (Lipinski definition) is 1. The maximum atomic E-state index is 12.6. The first kappa shape index (κ1) is 16.6. The monoisotopic (exact) mass is 339 g/mol. The Morgan fingerprint density at radius 3 is 2.32 bits per heavy atom. The van der Waals surface area contributed by atoms with E-state index >= 15 is 0 Å². The average Bonchev–Trinajstić information content (AvgIpc) is 2.41. The molecule has 6 heteroatoms. The molecule has 2 rings (SSSR count). The largest absolute Gasteiger partial charge is 0.495 e. The van der Waals surface area contributed by atoms with Gasteiger partial charge < -0.3 is 4.74 Å². The number of hydrogen-bond acceptors (Lipinski definition) is 3. The van der Waals surface area contributed by atoms with Crippen molar-refractivity contribution in [2.24, 2.45) is 0 Å². The third-order valence-corrected chi connectivity index (χ3v) is 5.28. The van der Waals surface area contributed by atoms with Crippen molar-refractivity contribution in [1.82, 2.24) is 0 Å². The van der Waals surface area contributed by atoms with Crippen LogP contribution in [0.1, 0.15) is 16.7 Å². The second-order valence-electron chi connectivity index (χ2n) is 5.18. The molecule has 118 valence electrons. The van der Waals surface area contributed by atoms with Crippen molar-refractivity contribution in [1.29, 1.82) is 0 Å². The van der Waals surface area contributed by atoms with Gasteiger partial charge in [0.2, 0.25) is 0 Å². The van der Waals surface area contributed by atoms with E-state index < -0.39 is 10.0 Å². The standard InChI is InChI=1S/C16H18ClNO3S/c1-10-5-6-16(12(3)7-10)22(19,20)18-14-8-11(2)13(17)9-15(14)21-4/h5-9,18H,1-4H3. The Bertz CT molecular complexity index is 816. The van der Waals surface area contributed by atoms with E-state index in [1.807, 2.05) is 13.0 Å². The molecule has 0 aromatic heterocycles. The molecule has 1 N–H and O–H groups in total. The van der Waals surface area contributed by atoms with Gasteiger partial charge in [-0.05, 0) is 44.0 Å². The summed E-state index contributed by atoms with van der Waals surface area (Å²) in [7, 11) is -2.23. The quantitative estimate of drug-likeness (QED) is 0.913. The number of benzene rings is 2. The summed E-state index contributed by atoms with van der Waals surface area (Å²) in [6.45, 7) is 5.49. The van der Waals surface area contributed by atoms with Gasteiger partial charge in [0, 0.05) is 11.1 Å². The lowest BCUT2D eigenvalue weighted by molar-refractivity contribution is 0.417. The second kappa shape index (κ2) is 6.18. The predicted octanol–water partition coefficient (Wildman–Crippen LogP) is 4.07. The lowest BCUT2D eigenvalue weighted by Gasteiger charge is -2.15. The van der Waals surface area contributed by atoms with Crippen LogP contribution in [0.5, 0.6) is 5.75 Å². The van der Waals surface area contributed by atoms with Crippen LogP contribution in [0.4, 0.5) is 5.69 Å². The van der Waals surface area contributed by atoms with Crippen LogP contribution in [0.15, 0.2) is 35.2 Å². The summed E-state index contributed by atoms with van der Waals surface area (Å²) in [5.74, 6) is 0.379. The van der Waals surface area contributed by atoms with Gasteiger partial charge in [-0.1, -0.05) is 29.3 Å². The number of rotatable bonds is 4. The molecule has 2 aromatic rings. The number of ether oxygens (including phenoxy) is 1. The van der Waals surface area contributed by atoms with Crippen molar-refractivity contribution >= 4 is 27.3 Å². The molecular weight excluding hydrogens is 322 g/mol. The molecule has 0 aliphatic heterocycles. The topological polar surface area (TPSA) is 55.4 Å². The number of nitrogens with one attached hydrogen (secondary N) is 1. The summed E-state index contributed by atoms with van der Waals surface area (Å²) in [4.78, 5) is 0.243. The Kier molecular flexibility index (Phi) is 4.68. The van der Waals surface area contributed by atoms with Crippen LogP contribution in [-0.2, 0) is 10.0 Å². The first-order valence-corrected chi connectivity index (χ1v) is 8.55. The van der Waals surface area contributed by atoms with Gasteiger partial charge in [0.1, 0.15) is 5.75 Å². The van der Waals surface area contributed by atoms with Gasteiger partial charge in [-0.25, -0.2) is 8.42 Å². The Morgan fingerprint density at radius 2 is 1.73 bits per heavy atom. The number of methoxy groups -OCH3 is 1. The third kappa shape index (κ3) is 3.36. The Labute approximate surface area is 136 Å². The fourth-order valence-corrected chi connectivity index (χ4v) is 3.66. The van der Waals surface area contributed by atoms with Gasteiger partial charge in [-0.2, -0.15) is 0 Å². The van der Waals surface area contributed by atoms with E-state index in [4.69, 9.17) is 16.3 Å². The summed E-state index contributed by atoms with van der Waals surface area (Å²) < 4.78 is 33.0. The van der Waals surface area contributed by atoms with E-state index in [9.17, 15) is 8.42 Å². The molecule has 0 spiro atoms. The zero-order valence-electron chi connectivity index (χ0n) is 12.9. The highest BCUT2D eigenvalue weighted by Crippen LogP contribution is 2.32. The normalized spacial score (nSPS) is 11.3. The van der Waals surface area contributed by atoms with Crippen LogP contribution in [0.25, 0.3) is 0 Å². The van der Waals surface area contributed by atoms with Crippen molar-refractivity contribution in [3.05, 3.63) is 52.0 Å². The van der Waals surface area contributed by atoms with E-state index in [0.29, 0.717) is 22.0 Å². The van der Waals surface area contributed by atoms with E-state index in [2.05, 4.69) is 4.72 Å². The minimum absolute atomic E-state index is 0.243. The molecule has 0 aliphatic rings. The molecule has 0 saturated carbocycles. The maximum absolute atomic E-state index is 12.6. The molecule has 0 saturated heterocycles. The van der Waals surface area contributed by atoms with E-state index in [1.54, 1.807) is 38.1 Å². The van der Waals surface area contributed by atoms with E-state index in [1.165, 1.54) is 7.11 Å². The Morgan fingerprint density at radius 1 is 1.05 bits per heavy atom. The molecule has 0 fully saturated rings. The Balaban J connectivity index is 2.47. The lowest BCUT2D eigenvalue weighted by Crippen LogP contribution is -2.15. The molecule has 4 nitrogen and oxygen atoms in total. The van der Waals surface area contributed by atoms with Gasteiger partial charge >= 0.3 is 0 Å². The molecule has 2 aromatic carbocycles. The van der Waals surface area contributed by atoms with Gasteiger partial charge in [-0.3, -0.25) is 4.72 Å². The molecule has 0 radical (unpaired) electrons. The summed E-state index contributed by atoms with van der Waals surface area (Å²) in [6.07, 6.45) is 0. The van der Waals surface area contributed by atoms with Crippen LogP contribution >= 0.6 is 11.6 Å². The number of sulfonamides is 1. The molecule has 0 bridgehead atoms. The Hall–Kier alpha value is -1.72. The van der Waals surface area contributed by atoms with Crippen LogP contribution in [-0.4, -0.2) is 15.5 Å². The molecule has 0 heterocycles. The van der Waals surface area contributed by atoms with Gasteiger partial charge in [0.15, 0.2) is 0 Å². The molecule has 0 amide bonds. The van der Waals surface area contributed by atoms with E-state index in [-0.39, 0.29) is 4.90 Å².